The predicted octanol–water partition coefficient (Wildman–Crippen LogP) is 2.92. The second-order valence-corrected chi connectivity index (χ2v) is 8.65. The zero-order valence-corrected chi connectivity index (χ0v) is 17.5. The molecular weight excluding hydrogens is 392 g/mol. The predicted molar refractivity (Wildman–Crippen MR) is 116 cm³/mol. The maximum atomic E-state index is 11.5. The van der Waals surface area contributed by atoms with Crippen molar-refractivity contribution in [1.29, 1.82) is 0 Å². The van der Waals surface area contributed by atoms with Crippen LogP contribution < -0.4 is 9.64 Å². The first-order valence-corrected chi connectivity index (χ1v) is 11.1. The Labute approximate surface area is 182 Å². The van der Waals surface area contributed by atoms with E-state index in [4.69, 9.17) is 9.47 Å². The Morgan fingerprint density at radius 3 is 2.68 bits per heavy atom. The molecule has 0 amide bonds. The summed E-state index contributed by atoms with van der Waals surface area (Å²) in [5.74, 6) is 7.72. The lowest BCUT2D eigenvalue weighted by molar-refractivity contribution is -0.987. The van der Waals surface area contributed by atoms with Crippen molar-refractivity contribution >= 4 is 5.69 Å². The van der Waals surface area contributed by atoms with Crippen LogP contribution in [0.2, 0.25) is 0 Å². The van der Waals surface area contributed by atoms with E-state index in [1.54, 1.807) is 18.2 Å². The topological polar surface area (TPSA) is 66.0 Å². The summed E-state index contributed by atoms with van der Waals surface area (Å²) in [4.78, 5) is 12.6. The Morgan fingerprint density at radius 1 is 1.10 bits per heavy atom. The summed E-state index contributed by atoms with van der Waals surface area (Å²) in [7, 11) is 0. The van der Waals surface area contributed by atoms with Crippen molar-refractivity contribution in [1.82, 2.24) is 0 Å². The summed E-state index contributed by atoms with van der Waals surface area (Å²) in [5.41, 5.74) is 1.56. The van der Waals surface area contributed by atoms with Gasteiger partial charge in [0.1, 0.15) is 18.8 Å². The third-order valence-electron chi connectivity index (χ3n) is 6.99. The molecule has 0 aromatic heterocycles. The lowest BCUT2D eigenvalue weighted by Crippen LogP contribution is -3.24. The number of non-ortho nitro benzene ring substituents is 1. The van der Waals surface area contributed by atoms with Crippen LogP contribution in [0.1, 0.15) is 42.7 Å². The molecule has 0 bridgehead atoms. The standard InChI is InChI=1S/C25H26N2O4/c28-27(29)20-10-12-24-22(18-20)21(11-9-19-6-2-1-3-7-19)23-8-4-5-13-25(23,31-24)26-14-16-30-17-15-26/h1-3,6-7,10,12,18,21,23H,4-5,8,13-17H2/p+1/t21-,23-,25+/m1/s1. The number of ether oxygens (including phenoxy) is 2. The van der Waals surface area contributed by atoms with Crippen LogP contribution in [0.3, 0.4) is 0 Å². The number of hydrogen-bond acceptors (Lipinski definition) is 4. The van der Waals surface area contributed by atoms with Gasteiger partial charge in [-0.1, -0.05) is 36.5 Å². The number of nitrogens with zero attached hydrogens (tertiary/aromatic N) is 1. The second-order valence-electron chi connectivity index (χ2n) is 8.65. The Morgan fingerprint density at radius 2 is 1.90 bits per heavy atom. The van der Waals surface area contributed by atoms with Crippen LogP contribution >= 0.6 is 0 Å². The van der Waals surface area contributed by atoms with Crippen molar-refractivity contribution in [3.8, 4) is 17.6 Å². The first-order chi connectivity index (χ1) is 15.2. The maximum Gasteiger partial charge on any atom is 0.270 e. The van der Waals surface area contributed by atoms with Crippen molar-refractivity contribution < 1.29 is 19.3 Å². The van der Waals surface area contributed by atoms with Gasteiger partial charge in [-0.05, 0) is 31.0 Å². The summed E-state index contributed by atoms with van der Waals surface area (Å²) in [5, 5.41) is 11.5. The largest absolute Gasteiger partial charge is 0.440 e. The number of quaternary nitrogens is 1. The van der Waals surface area contributed by atoms with E-state index >= 15 is 0 Å². The van der Waals surface area contributed by atoms with E-state index in [1.807, 2.05) is 30.3 Å². The maximum absolute atomic E-state index is 11.5. The molecular formula is C25H27N2O4+. The minimum absolute atomic E-state index is 0.0934. The number of rotatable bonds is 2. The molecule has 1 aliphatic carbocycles. The van der Waals surface area contributed by atoms with E-state index in [2.05, 4.69) is 11.8 Å². The molecule has 6 nitrogen and oxygen atoms in total. The van der Waals surface area contributed by atoms with Gasteiger partial charge in [-0.2, -0.15) is 0 Å². The van der Waals surface area contributed by atoms with Crippen molar-refractivity contribution in [2.75, 3.05) is 26.3 Å². The van der Waals surface area contributed by atoms with E-state index in [0.29, 0.717) is 0 Å². The average molecular weight is 420 g/mol. The number of fused-ring (bicyclic) bond motifs is 2. The SMILES string of the molecule is O=[N+]([O-])c1ccc2c(c1)[C@@H](C#Cc1ccccc1)[C@H]1CCCC[C@]1([NH+]1CCOCC1)O2. The average Bonchev–Trinajstić information content (AvgIpc) is 2.82. The van der Waals surface area contributed by atoms with E-state index in [0.717, 1.165) is 68.9 Å². The van der Waals surface area contributed by atoms with Gasteiger partial charge in [-0.3, -0.25) is 15.0 Å². The van der Waals surface area contributed by atoms with E-state index in [1.165, 1.54) is 4.90 Å². The number of nitro benzene ring substituents is 1. The molecule has 3 aliphatic rings. The van der Waals surface area contributed by atoms with Gasteiger partial charge >= 0.3 is 0 Å². The second kappa shape index (κ2) is 8.33. The van der Waals surface area contributed by atoms with Crippen LogP contribution in [0.4, 0.5) is 5.69 Å². The third kappa shape index (κ3) is 3.69. The van der Waals surface area contributed by atoms with Crippen LogP contribution in [-0.2, 0) is 4.74 Å². The van der Waals surface area contributed by atoms with Crippen molar-refractivity contribution in [2.45, 2.75) is 37.3 Å². The molecule has 1 saturated carbocycles. The molecule has 2 aromatic rings. The third-order valence-corrected chi connectivity index (χ3v) is 6.99. The Bertz CT molecular complexity index is 1020. The summed E-state index contributed by atoms with van der Waals surface area (Å²) in [6.07, 6.45) is 4.25. The van der Waals surface area contributed by atoms with E-state index < -0.39 is 0 Å². The van der Waals surface area contributed by atoms with Gasteiger partial charge < -0.3 is 9.47 Å². The number of nitrogens with one attached hydrogen (secondary N) is 1. The first-order valence-electron chi connectivity index (χ1n) is 11.1. The van der Waals surface area contributed by atoms with Gasteiger partial charge in [0.05, 0.1) is 30.0 Å². The molecule has 5 rings (SSSR count). The fourth-order valence-corrected chi connectivity index (χ4v) is 5.54. The Hall–Kier alpha value is -2.88. The highest BCUT2D eigenvalue weighted by Crippen LogP contribution is 2.49. The normalized spacial score (nSPS) is 27.7. The minimum atomic E-state index is -0.346. The Balaban J connectivity index is 1.63. The van der Waals surface area contributed by atoms with Crippen LogP contribution in [0, 0.1) is 27.9 Å². The first kappa shape index (κ1) is 20.0. The van der Waals surface area contributed by atoms with Crippen LogP contribution in [0.25, 0.3) is 0 Å². The molecule has 6 heteroatoms. The molecule has 3 atom stereocenters. The zero-order valence-electron chi connectivity index (χ0n) is 17.5. The molecule has 2 aliphatic heterocycles. The lowest BCUT2D eigenvalue weighted by atomic mass is 9.68. The molecule has 160 valence electrons. The fraction of sp³-hybridized carbons (Fsp3) is 0.440. The van der Waals surface area contributed by atoms with Gasteiger partial charge in [-0.15, -0.1) is 0 Å². The van der Waals surface area contributed by atoms with Gasteiger partial charge in [-0.25, -0.2) is 0 Å². The summed E-state index contributed by atoms with van der Waals surface area (Å²) < 4.78 is 12.4. The molecule has 0 radical (unpaired) electrons. The minimum Gasteiger partial charge on any atom is -0.440 e. The summed E-state index contributed by atoms with van der Waals surface area (Å²) in [6.45, 7) is 3.30. The molecule has 31 heavy (non-hydrogen) atoms. The number of morpholine rings is 1. The van der Waals surface area contributed by atoms with Gasteiger partial charge in [0.2, 0.25) is 5.72 Å². The fourth-order valence-electron chi connectivity index (χ4n) is 5.54. The van der Waals surface area contributed by atoms with Crippen LogP contribution in [0.5, 0.6) is 5.75 Å². The van der Waals surface area contributed by atoms with Gasteiger partial charge in [0.15, 0.2) is 0 Å². The van der Waals surface area contributed by atoms with Crippen molar-refractivity contribution in [3.05, 3.63) is 69.8 Å². The quantitative estimate of drug-likeness (QED) is 0.462. The number of hydrogen-bond donors (Lipinski definition) is 1. The lowest BCUT2D eigenvalue weighted by Gasteiger charge is -2.52. The molecule has 1 saturated heterocycles. The molecule has 0 spiro atoms. The number of nitro groups is 1. The van der Waals surface area contributed by atoms with Gasteiger partial charge in [0, 0.05) is 29.7 Å². The molecule has 2 heterocycles. The van der Waals surface area contributed by atoms with Crippen molar-refractivity contribution in [2.24, 2.45) is 5.92 Å². The summed E-state index contributed by atoms with van der Waals surface area (Å²) in [6, 6.07) is 14.9. The number of benzene rings is 2. The van der Waals surface area contributed by atoms with Crippen LogP contribution in [-0.4, -0.2) is 37.0 Å². The highest BCUT2D eigenvalue weighted by atomic mass is 16.6. The monoisotopic (exact) mass is 419 g/mol. The highest BCUT2D eigenvalue weighted by molar-refractivity contribution is 5.51. The van der Waals surface area contributed by atoms with Crippen LogP contribution in [0.15, 0.2) is 48.5 Å². The molecule has 2 aromatic carbocycles. The van der Waals surface area contributed by atoms with E-state index in [-0.39, 0.29) is 28.2 Å². The highest BCUT2D eigenvalue weighted by Gasteiger charge is 2.57. The summed E-state index contributed by atoms with van der Waals surface area (Å²) >= 11 is 0. The smallest absolute Gasteiger partial charge is 0.270 e. The Kier molecular flexibility index (Phi) is 5.39. The van der Waals surface area contributed by atoms with Gasteiger partial charge in [0.25, 0.3) is 5.69 Å². The molecule has 1 N–H and O–H groups in total. The zero-order chi connectivity index (χ0) is 21.3. The molecule has 0 unspecified atom stereocenters. The molecule has 2 fully saturated rings. The van der Waals surface area contributed by atoms with E-state index in [9.17, 15) is 10.1 Å². The van der Waals surface area contributed by atoms with Crippen molar-refractivity contribution in [3.63, 3.8) is 0 Å².